The van der Waals surface area contributed by atoms with Gasteiger partial charge in [0.25, 0.3) is 0 Å². The van der Waals surface area contributed by atoms with Gasteiger partial charge in [-0.25, -0.2) is 4.98 Å². The first-order valence-corrected chi connectivity index (χ1v) is 9.74. The van der Waals surface area contributed by atoms with Crippen LogP contribution in [0.15, 0.2) is 36.8 Å². The van der Waals surface area contributed by atoms with Crippen LogP contribution in [0.1, 0.15) is 36.7 Å². The summed E-state index contributed by atoms with van der Waals surface area (Å²) in [4.78, 5) is 4.30. The minimum absolute atomic E-state index is 0.0880. The Bertz CT molecular complexity index is 1130. The van der Waals surface area contributed by atoms with Crippen LogP contribution in [0.25, 0.3) is 22.5 Å². The number of rotatable bonds is 4. The number of piperidine rings is 1. The van der Waals surface area contributed by atoms with Gasteiger partial charge in [-0.1, -0.05) is 0 Å². The summed E-state index contributed by atoms with van der Waals surface area (Å²) in [5.41, 5.74) is 2.02. The molecule has 150 valence electrons. The zero-order chi connectivity index (χ0) is 22.5. The topological polar surface area (TPSA) is 98.0 Å². The van der Waals surface area contributed by atoms with Gasteiger partial charge in [-0.3, -0.25) is 4.68 Å². The van der Waals surface area contributed by atoms with Crippen molar-refractivity contribution in [3.05, 3.63) is 36.8 Å². The predicted octanol–water partition coefficient (Wildman–Crippen LogP) is 2.70. The average molecular weight is 395 g/mol. The second-order valence-corrected chi connectivity index (χ2v) is 8.03. The van der Waals surface area contributed by atoms with Gasteiger partial charge in [-0.2, -0.15) is 5.10 Å². The molecule has 3 aromatic rings. The zero-order valence-electron chi connectivity index (χ0n) is 19.0. The fourth-order valence-electron chi connectivity index (χ4n) is 4.10. The van der Waals surface area contributed by atoms with Crippen LogP contribution in [0.5, 0.6) is 11.6 Å². The van der Waals surface area contributed by atoms with Gasteiger partial charge in [0.05, 0.1) is 6.20 Å². The quantitative estimate of drug-likeness (QED) is 0.701. The third kappa shape index (κ3) is 3.67. The highest BCUT2D eigenvalue weighted by Crippen LogP contribution is 2.44. The molecule has 0 aromatic carbocycles. The molecule has 1 aliphatic heterocycles. The van der Waals surface area contributed by atoms with E-state index in [4.69, 9.17) is 8.85 Å². The molecule has 0 amide bonds. The first kappa shape index (κ1) is 14.9. The number of aryl methyl sites for hydroxylation is 1. The number of pyridine rings is 1. The first-order valence-electron chi connectivity index (χ1n) is 11.2. The fourth-order valence-corrected chi connectivity index (χ4v) is 4.10. The third-order valence-electron chi connectivity index (χ3n) is 5.59. The van der Waals surface area contributed by atoms with Gasteiger partial charge in [-0.05, 0) is 38.3 Å². The summed E-state index contributed by atoms with van der Waals surface area (Å²) in [7, 11) is 0. The molecule has 0 radical (unpaired) electrons. The zero-order valence-corrected chi connectivity index (χ0v) is 16.0. The highest BCUT2D eigenvalue weighted by molar-refractivity contribution is 5.69. The summed E-state index contributed by atoms with van der Waals surface area (Å²) in [6.45, 7) is -0.185. The number of aromatic hydroxyl groups is 1. The summed E-state index contributed by atoms with van der Waals surface area (Å²) < 4.78 is 29.2. The van der Waals surface area contributed by atoms with E-state index < -0.39 is 6.98 Å². The fraction of sp³-hybridized carbons (Fsp3) is 0.429. The van der Waals surface area contributed by atoms with Crippen LogP contribution in [0.2, 0.25) is 0 Å². The molecular formula is C21H24N6O2. The molecule has 2 aliphatic rings. The van der Waals surface area contributed by atoms with Crippen LogP contribution in [-0.2, 0) is 6.98 Å². The van der Waals surface area contributed by atoms with Crippen LogP contribution in [0.4, 0.5) is 0 Å². The SMILES string of the molecule is [2H]C([2H])([2H])n1cc(-c2cnc(-c3ccc(O[C@H]4C[C@@H](C)NC5(CC5)C4)nn3)c(O)c2)cn1. The van der Waals surface area contributed by atoms with Gasteiger partial charge >= 0.3 is 0 Å². The van der Waals surface area contributed by atoms with Gasteiger partial charge in [0.1, 0.15) is 23.2 Å². The summed E-state index contributed by atoms with van der Waals surface area (Å²) in [5.74, 6) is 0.367. The van der Waals surface area contributed by atoms with E-state index in [0.717, 1.165) is 17.5 Å². The van der Waals surface area contributed by atoms with E-state index in [2.05, 4.69) is 32.5 Å². The number of aromatic nitrogens is 5. The van der Waals surface area contributed by atoms with Gasteiger partial charge in [-0.15, -0.1) is 10.2 Å². The van der Waals surface area contributed by atoms with E-state index in [1.807, 2.05) is 0 Å². The molecule has 1 spiro atoms. The largest absolute Gasteiger partial charge is 0.506 e. The lowest BCUT2D eigenvalue weighted by molar-refractivity contribution is 0.106. The highest BCUT2D eigenvalue weighted by Gasteiger charge is 2.48. The van der Waals surface area contributed by atoms with Crippen LogP contribution in [-0.4, -0.2) is 47.8 Å². The second kappa shape index (κ2) is 6.81. The van der Waals surface area contributed by atoms with Crippen molar-refractivity contribution in [3.8, 4) is 34.1 Å². The van der Waals surface area contributed by atoms with Crippen molar-refractivity contribution in [3.63, 3.8) is 0 Å². The van der Waals surface area contributed by atoms with E-state index in [0.29, 0.717) is 28.7 Å². The smallest absolute Gasteiger partial charge is 0.233 e. The van der Waals surface area contributed by atoms with Crippen LogP contribution >= 0.6 is 0 Å². The molecule has 8 nitrogen and oxygen atoms in total. The third-order valence-corrected chi connectivity index (χ3v) is 5.59. The van der Waals surface area contributed by atoms with E-state index in [9.17, 15) is 5.11 Å². The molecule has 1 aliphatic carbocycles. The highest BCUT2D eigenvalue weighted by atomic mass is 16.5. The van der Waals surface area contributed by atoms with Crippen molar-refractivity contribution in [2.24, 2.45) is 6.98 Å². The monoisotopic (exact) mass is 395 g/mol. The van der Waals surface area contributed by atoms with E-state index >= 15 is 0 Å². The molecule has 2 fully saturated rings. The van der Waals surface area contributed by atoms with Crippen LogP contribution in [0.3, 0.4) is 0 Å². The van der Waals surface area contributed by atoms with Crippen molar-refractivity contribution in [1.82, 2.24) is 30.3 Å². The number of nitrogens with zero attached hydrogens (tertiary/aromatic N) is 5. The minimum Gasteiger partial charge on any atom is -0.506 e. The molecule has 3 aromatic heterocycles. The Labute approximate surface area is 173 Å². The molecule has 4 heterocycles. The van der Waals surface area contributed by atoms with Crippen molar-refractivity contribution >= 4 is 0 Å². The number of hydrogen-bond donors (Lipinski definition) is 2. The lowest BCUT2D eigenvalue weighted by Crippen LogP contribution is -2.49. The van der Waals surface area contributed by atoms with Gasteiger partial charge < -0.3 is 15.2 Å². The molecule has 1 saturated carbocycles. The summed E-state index contributed by atoms with van der Waals surface area (Å²) in [5, 5.41) is 26.4. The summed E-state index contributed by atoms with van der Waals surface area (Å²) >= 11 is 0. The summed E-state index contributed by atoms with van der Waals surface area (Å²) in [6, 6.07) is 5.37. The maximum Gasteiger partial charge on any atom is 0.233 e. The number of ether oxygens (including phenoxy) is 1. The Morgan fingerprint density at radius 3 is 2.86 bits per heavy atom. The minimum atomic E-state index is -2.36. The molecule has 8 heteroatoms. The van der Waals surface area contributed by atoms with Crippen molar-refractivity contribution in [2.45, 2.75) is 50.3 Å². The van der Waals surface area contributed by atoms with Gasteiger partial charge in [0.2, 0.25) is 5.88 Å². The Morgan fingerprint density at radius 1 is 1.28 bits per heavy atom. The second-order valence-electron chi connectivity index (χ2n) is 8.03. The van der Waals surface area contributed by atoms with E-state index in [1.165, 1.54) is 37.5 Å². The standard InChI is InChI=1S/C21H24N6O2/c1-13-7-16(9-21(24-13)5-6-21)29-19-4-3-17(25-26-19)20-18(28)8-14(10-22-20)15-11-23-27(2)12-15/h3-4,8,10-13,16,24,28H,5-7,9H2,1-2H3/t13-,16+/m1/s1/i2D3. The predicted molar refractivity (Wildman–Crippen MR) is 107 cm³/mol. The lowest BCUT2D eigenvalue weighted by Gasteiger charge is -2.34. The molecule has 0 bridgehead atoms. The van der Waals surface area contributed by atoms with E-state index in [1.54, 1.807) is 12.1 Å². The van der Waals surface area contributed by atoms with Gasteiger partial charge in [0.15, 0.2) is 0 Å². The Morgan fingerprint density at radius 2 is 2.17 bits per heavy atom. The molecule has 5 rings (SSSR count). The maximum absolute atomic E-state index is 10.5. The van der Waals surface area contributed by atoms with Crippen molar-refractivity contribution in [1.29, 1.82) is 0 Å². The molecule has 1 saturated heterocycles. The number of hydrogen-bond acceptors (Lipinski definition) is 7. The average Bonchev–Trinajstić information content (AvgIpc) is 3.25. The Hall–Kier alpha value is -3.00. The molecule has 29 heavy (non-hydrogen) atoms. The molecular weight excluding hydrogens is 368 g/mol. The first-order chi connectivity index (χ1) is 15.2. The number of nitrogens with one attached hydrogen (secondary N) is 1. The summed E-state index contributed by atoms with van der Waals surface area (Å²) in [6.07, 6.45) is 8.74. The molecule has 2 N–H and O–H groups in total. The Balaban J connectivity index is 1.30. The van der Waals surface area contributed by atoms with Gasteiger partial charge in [0, 0.05) is 58.7 Å². The van der Waals surface area contributed by atoms with E-state index in [-0.39, 0.29) is 23.1 Å². The molecule has 2 atom stereocenters. The van der Waals surface area contributed by atoms with Crippen molar-refractivity contribution < 1.29 is 14.0 Å². The normalized spacial score (nSPS) is 24.5. The van der Waals surface area contributed by atoms with Crippen LogP contribution in [0, 0.1) is 0 Å². The Kier molecular flexibility index (Phi) is 3.50. The molecule has 0 unspecified atom stereocenters. The lowest BCUT2D eigenvalue weighted by atomic mass is 9.95. The maximum atomic E-state index is 10.5. The van der Waals surface area contributed by atoms with Crippen molar-refractivity contribution in [2.75, 3.05) is 0 Å². The van der Waals surface area contributed by atoms with Crippen LogP contribution < -0.4 is 10.1 Å².